The maximum Gasteiger partial charge on any atom is 0.377 e. The van der Waals surface area contributed by atoms with Crippen LogP contribution in [0.25, 0.3) is 0 Å². The third-order valence-electron chi connectivity index (χ3n) is 6.10. The SMILES string of the molecule is CCCCCCCCCCCCCCCC(OCCOCCOCC)(Oc1ccccc1)C(=O)O. The van der Waals surface area contributed by atoms with Gasteiger partial charge in [-0.25, -0.2) is 4.79 Å². The Bertz CT molecular complexity index is 608. The number of aliphatic carboxylic acids is 1. The number of ether oxygens (including phenoxy) is 4. The van der Waals surface area contributed by atoms with Crippen LogP contribution in [0.3, 0.4) is 0 Å². The molecular formula is C29H50O6. The van der Waals surface area contributed by atoms with Crippen molar-refractivity contribution in [2.45, 2.75) is 110 Å². The third kappa shape index (κ3) is 15.9. The number of carboxylic acids is 1. The van der Waals surface area contributed by atoms with E-state index in [1.807, 2.05) is 25.1 Å². The predicted molar refractivity (Wildman–Crippen MR) is 141 cm³/mol. The van der Waals surface area contributed by atoms with Crippen LogP contribution in [-0.4, -0.2) is 49.9 Å². The largest absolute Gasteiger partial charge is 0.476 e. The van der Waals surface area contributed by atoms with E-state index in [4.69, 9.17) is 18.9 Å². The molecule has 1 N–H and O–H groups in total. The quantitative estimate of drug-likeness (QED) is 0.113. The van der Waals surface area contributed by atoms with Crippen molar-refractivity contribution in [2.24, 2.45) is 0 Å². The molecule has 0 spiro atoms. The maximum absolute atomic E-state index is 12.3. The molecule has 0 heterocycles. The zero-order chi connectivity index (χ0) is 25.5. The Morgan fingerprint density at radius 1 is 0.714 bits per heavy atom. The first-order valence-corrected chi connectivity index (χ1v) is 13.9. The summed E-state index contributed by atoms with van der Waals surface area (Å²) in [6.07, 6.45) is 16.4. The summed E-state index contributed by atoms with van der Waals surface area (Å²) in [6, 6.07) is 9.02. The molecule has 0 fully saturated rings. The molecule has 0 aliphatic carbocycles. The van der Waals surface area contributed by atoms with Gasteiger partial charge in [0.15, 0.2) is 0 Å². The van der Waals surface area contributed by atoms with Crippen LogP contribution >= 0.6 is 0 Å². The van der Waals surface area contributed by atoms with E-state index in [-0.39, 0.29) is 6.61 Å². The fraction of sp³-hybridized carbons (Fsp3) is 0.759. The van der Waals surface area contributed by atoms with Gasteiger partial charge < -0.3 is 24.1 Å². The van der Waals surface area contributed by atoms with Gasteiger partial charge in [-0.15, -0.1) is 0 Å². The van der Waals surface area contributed by atoms with Crippen LogP contribution in [0.2, 0.25) is 0 Å². The molecule has 0 aliphatic rings. The number of hydrogen-bond acceptors (Lipinski definition) is 5. The molecule has 1 aromatic carbocycles. The summed E-state index contributed by atoms with van der Waals surface area (Å²) in [5.41, 5.74) is 0. The normalized spacial score (nSPS) is 13.0. The lowest BCUT2D eigenvalue weighted by atomic mass is 10.0. The fourth-order valence-electron chi connectivity index (χ4n) is 4.05. The first-order chi connectivity index (χ1) is 17.1. The second-order valence-corrected chi connectivity index (χ2v) is 9.12. The topological polar surface area (TPSA) is 74.2 Å². The minimum atomic E-state index is -1.71. The highest BCUT2D eigenvalue weighted by Gasteiger charge is 2.42. The second-order valence-electron chi connectivity index (χ2n) is 9.12. The minimum absolute atomic E-state index is 0.143. The van der Waals surface area contributed by atoms with Gasteiger partial charge in [-0.2, -0.15) is 0 Å². The van der Waals surface area contributed by atoms with Gasteiger partial charge in [-0.3, -0.25) is 0 Å². The Kier molecular flexibility index (Phi) is 19.4. The lowest BCUT2D eigenvalue weighted by Gasteiger charge is -2.30. The van der Waals surface area contributed by atoms with Gasteiger partial charge in [0.2, 0.25) is 0 Å². The minimum Gasteiger partial charge on any atom is -0.476 e. The molecule has 0 saturated heterocycles. The Balaban J connectivity index is 2.35. The average molecular weight is 495 g/mol. The maximum atomic E-state index is 12.3. The fourth-order valence-corrected chi connectivity index (χ4v) is 4.05. The summed E-state index contributed by atoms with van der Waals surface area (Å²) in [7, 11) is 0. The monoisotopic (exact) mass is 494 g/mol. The van der Waals surface area contributed by atoms with Crippen LogP contribution in [-0.2, 0) is 19.0 Å². The van der Waals surface area contributed by atoms with E-state index in [1.165, 1.54) is 64.2 Å². The average Bonchev–Trinajstić information content (AvgIpc) is 2.86. The summed E-state index contributed by atoms with van der Waals surface area (Å²) in [4.78, 5) is 12.3. The molecule has 0 saturated carbocycles. The third-order valence-corrected chi connectivity index (χ3v) is 6.10. The number of rotatable bonds is 25. The van der Waals surface area contributed by atoms with Gasteiger partial charge in [0.05, 0.1) is 26.4 Å². The summed E-state index contributed by atoms with van der Waals surface area (Å²) < 4.78 is 22.5. The van der Waals surface area contributed by atoms with Crippen LogP contribution in [0.15, 0.2) is 30.3 Å². The highest BCUT2D eigenvalue weighted by Crippen LogP contribution is 2.26. The molecule has 1 unspecified atom stereocenters. The van der Waals surface area contributed by atoms with Gasteiger partial charge in [-0.05, 0) is 25.5 Å². The van der Waals surface area contributed by atoms with Gasteiger partial charge >= 0.3 is 11.8 Å². The predicted octanol–water partition coefficient (Wildman–Crippen LogP) is 7.40. The van der Waals surface area contributed by atoms with Crippen molar-refractivity contribution in [2.75, 3.05) is 33.0 Å². The van der Waals surface area contributed by atoms with Crippen molar-refractivity contribution in [3.8, 4) is 5.75 Å². The van der Waals surface area contributed by atoms with Crippen LogP contribution in [0.4, 0.5) is 0 Å². The summed E-state index contributed by atoms with van der Waals surface area (Å²) >= 11 is 0. The van der Waals surface area contributed by atoms with E-state index in [9.17, 15) is 9.90 Å². The van der Waals surface area contributed by atoms with Crippen LogP contribution in [0.5, 0.6) is 5.75 Å². The molecule has 0 aromatic heterocycles. The molecule has 1 atom stereocenters. The van der Waals surface area contributed by atoms with E-state index in [0.29, 0.717) is 38.6 Å². The Hall–Kier alpha value is -1.63. The van der Waals surface area contributed by atoms with E-state index >= 15 is 0 Å². The van der Waals surface area contributed by atoms with E-state index in [0.717, 1.165) is 19.3 Å². The summed E-state index contributed by atoms with van der Waals surface area (Å²) in [5, 5.41) is 10.0. The van der Waals surface area contributed by atoms with Gasteiger partial charge in [0.25, 0.3) is 0 Å². The zero-order valence-corrected chi connectivity index (χ0v) is 22.3. The van der Waals surface area contributed by atoms with Crippen molar-refractivity contribution < 1.29 is 28.8 Å². The number of unbranched alkanes of at least 4 members (excludes halogenated alkanes) is 12. The first kappa shape index (κ1) is 31.4. The Morgan fingerprint density at radius 2 is 1.23 bits per heavy atom. The molecule has 1 aromatic rings. The van der Waals surface area contributed by atoms with Crippen LogP contribution in [0, 0.1) is 0 Å². The molecular weight excluding hydrogens is 444 g/mol. The Morgan fingerprint density at radius 3 is 1.77 bits per heavy atom. The van der Waals surface area contributed by atoms with Crippen LogP contribution < -0.4 is 4.74 Å². The van der Waals surface area contributed by atoms with Gasteiger partial charge in [0.1, 0.15) is 5.75 Å². The van der Waals surface area contributed by atoms with Crippen molar-refractivity contribution in [1.82, 2.24) is 0 Å². The van der Waals surface area contributed by atoms with Crippen LogP contribution in [0.1, 0.15) is 104 Å². The van der Waals surface area contributed by atoms with E-state index in [2.05, 4.69) is 6.92 Å². The molecule has 202 valence electrons. The van der Waals surface area contributed by atoms with Crippen molar-refractivity contribution in [3.05, 3.63) is 30.3 Å². The number of carbonyl (C=O) groups is 1. The van der Waals surface area contributed by atoms with Gasteiger partial charge in [-0.1, -0.05) is 102 Å². The molecule has 1 rings (SSSR count). The first-order valence-electron chi connectivity index (χ1n) is 13.9. The molecule has 35 heavy (non-hydrogen) atoms. The van der Waals surface area contributed by atoms with Gasteiger partial charge in [0, 0.05) is 13.0 Å². The summed E-state index contributed by atoms with van der Waals surface area (Å²) in [6.45, 7) is 6.23. The smallest absolute Gasteiger partial charge is 0.377 e. The molecule has 6 heteroatoms. The zero-order valence-electron chi connectivity index (χ0n) is 22.3. The van der Waals surface area contributed by atoms with E-state index < -0.39 is 11.8 Å². The van der Waals surface area contributed by atoms with Crippen molar-refractivity contribution in [1.29, 1.82) is 0 Å². The second kappa shape index (κ2) is 21.6. The van der Waals surface area contributed by atoms with Crippen molar-refractivity contribution >= 4 is 5.97 Å². The molecule has 0 aliphatic heterocycles. The lowest BCUT2D eigenvalue weighted by Crippen LogP contribution is -2.48. The molecule has 0 bridgehead atoms. The molecule has 6 nitrogen and oxygen atoms in total. The number of hydrogen-bond donors (Lipinski definition) is 1. The lowest BCUT2D eigenvalue weighted by molar-refractivity contribution is -0.218. The Labute approximate surface area is 213 Å². The highest BCUT2D eigenvalue weighted by atomic mass is 16.7. The van der Waals surface area contributed by atoms with Crippen molar-refractivity contribution in [3.63, 3.8) is 0 Å². The molecule has 0 radical (unpaired) electrons. The molecule has 0 amide bonds. The van der Waals surface area contributed by atoms with E-state index in [1.54, 1.807) is 12.1 Å². The standard InChI is InChI=1S/C29H50O6/c1-3-5-6-7-8-9-10-11-12-13-14-15-19-22-29(28(30)31,35-27-20-17-16-18-21-27)34-26-25-33-24-23-32-4-2/h16-18,20-21H,3-15,19,22-26H2,1-2H3,(H,30,31). The summed E-state index contributed by atoms with van der Waals surface area (Å²) in [5.74, 6) is -2.32. The number of para-hydroxylation sites is 1. The number of carboxylic acid groups (broad SMARTS) is 1. The highest BCUT2D eigenvalue weighted by molar-refractivity contribution is 5.76. The number of benzene rings is 1.